The van der Waals surface area contributed by atoms with Gasteiger partial charge in [-0.15, -0.1) is 0 Å². The molecule has 3 heterocycles. The van der Waals surface area contributed by atoms with Crippen molar-refractivity contribution in [3.63, 3.8) is 0 Å². The third-order valence-corrected chi connectivity index (χ3v) is 8.31. The van der Waals surface area contributed by atoms with Crippen LogP contribution in [-0.2, 0) is 6.42 Å². The molecule has 1 aliphatic carbocycles. The van der Waals surface area contributed by atoms with Crippen molar-refractivity contribution in [3.05, 3.63) is 144 Å². The van der Waals surface area contributed by atoms with Gasteiger partial charge < -0.3 is 9.52 Å². The zero-order chi connectivity index (χ0) is 27.4. The first-order valence-corrected chi connectivity index (χ1v) is 13.6. The summed E-state index contributed by atoms with van der Waals surface area (Å²) in [5.41, 5.74) is 5.36. The lowest BCUT2D eigenvalue weighted by Crippen LogP contribution is -2.38. The Morgan fingerprint density at radius 3 is 2.73 bits per heavy atom. The van der Waals surface area contributed by atoms with Gasteiger partial charge in [0.05, 0.1) is 21.8 Å². The lowest BCUT2D eigenvalue weighted by Gasteiger charge is -2.30. The number of fused-ring (bicyclic) bond motifs is 3. The number of aryl methyl sites for hydroxylation is 1. The number of aromatic nitrogens is 1. The number of hydrogen-bond acceptors (Lipinski definition) is 5. The van der Waals surface area contributed by atoms with Gasteiger partial charge in [0.1, 0.15) is 17.3 Å². The van der Waals surface area contributed by atoms with Crippen molar-refractivity contribution in [2.45, 2.75) is 18.9 Å². The molecule has 0 saturated carbocycles. The van der Waals surface area contributed by atoms with Gasteiger partial charge >= 0.3 is 5.97 Å². The molecule has 0 radical (unpaired) electrons. The summed E-state index contributed by atoms with van der Waals surface area (Å²) in [5, 5.41) is 9.31. The minimum atomic E-state index is -1.02. The molecule has 5 aromatic rings. The molecule has 196 valence electrons. The second kappa shape index (κ2) is 9.43. The highest BCUT2D eigenvalue weighted by atomic mass is 32.1. The molecule has 0 spiro atoms. The largest absolute Gasteiger partial charge is 0.478 e. The van der Waals surface area contributed by atoms with Gasteiger partial charge in [-0.3, -0.25) is 9.36 Å². The Morgan fingerprint density at radius 1 is 1.02 bits per heavy atom. The average molecular weight is 549 g/mol. The summed E-state index contributed by atoms with van der Waals surface area (Å²) < 4.78 is 22.5. The van der Waals surface area contributed by atoms with E-state index in [-0.39, 0.29) is 16.9 Å². The molecule has 0 unspecified atom stereocenters. The number of rotatable bonds is 4. The molecule has 0 saturated heterocycles. The van der Waals surface area contributed by atoms with Crippen LogP contribution in [0.5, 0.6) is 0 Å². The first-order chi connectivity index (χ1) is 19.5. The normalized spacial score (nSPS) is 16.2. The van der Waals surface area contributed by atoms with Crippen LogP contribution in [-0.4, -0.2) is 15.6 Å². The maximum absolute atomic E-state index is 14.4. The Balaban J connectivity index is 1.38. The fourth-order valence-corrected chi connectivity index (χ4v) is 6.50. The molecule has 3 aromatic carbocycles. The number of thiazole rings is 1. The number of hydrogen-bond donors (Lipinski definition) is 1. The van der Waals surface area contributed by atoms with E-state index in [4.69, 9.17) is 9.41 Å². The van der Waals surface area contributed by atoms with Crippen LogP contribution in [0.4, 0.5) is 4.39 Å². The van der Waals surface area contributed by atoms with Gasteiger partial charge in [0, 0.05) is 17.2 Å². The number of nitrogens with zero attached hydrogens (tertiary/aromatic N) is 2. The van der Waals surface area contributed by atoms with Crippen LogP contribution in [0.3, 0.4) is 0 Å². The topological polar surface area (TPSA) is 84.8 Å². The van der Waals surface area contributed by atoms with Gasteiger partial charge in [0.2, 0.25) is 0 Å². The third-order valence-electron chi connectivity index (χ3n) is 7.33. The van der Waals surface area contributed by atoms with Gasteiger partial charge in [-0.1, -0.05) is 59.9 Å². The number of aromatic carboxylic acids is 1. The predicted molar refractivity (Wildman–Crippen MR) is 150 cm³/mol. The molecule has 1 atom stereocenters. The maximum Gasteiger partial charge on any atom is 0.335 e. The quantitative estimate of drug-likeness (QED) is 0.325. The number of halogens is 1. The minimum Gasteiger partial charge on any atom is -0.478 e. The summed E-state index contributed by atoms with van der Waals surface area (Å²) in [6.07, 6.45) is 3.21. The van der Waals surface area contributed by atoms with Gasteiger partial charge in [0.25, 0.3) is 5.56 Å². The molecule has 6 nitrogen and oxygen atoms in total. The zero-order valence-electron chi connectivity index (χ0n) is 21.0. The van der Waals surface area contributed by atoms with E-state index in [1.807, 2.05) is 24.3 Å². The molecule has 2 aliphatic rings. The van der Waals surface area contributed by atoms with Crippen molar-refractivity contribution in [3.8, 4) is 11.3 Å². The van der Waals surface area contributed by atoms with Crippen LogP contribution >= 0.6 is 11.3 Å². The zero-order valence-corrected chi connectivity index (χ0v) is 21.8. The highest BCUT2D eigenvalue weighted by Crippen LogP contribution is 2.41. The van der Waals surface area contributed by atoms with Gasteiger partial charge in [-0.25, -0.2) is 14.2 Å². The second-order valence-corrected chi connectivity index (χ2v) is 10.8. The van der Waals surface area contributed by atoms with Crippen molar-refractivity contribution >= 4 is 29.1 Å². The van der Waals surface area contributed by atoms with Crippen molar-refractivity contribution < 1.29 is 18.7 Å². The summed E-state index contributed by atoms with van der Waals surface area (Å²) in [5.74, 6) is -0.429. The summed E-state index contributed by atoms with van der Waals surface area (Å²) in [6, 6.07) is 24.1. The first-order valence-electron chi connectivity index (χ1n) is 12.8. The molecule has 0 amide bonds. The van der Waals surface area contributed by atoms with Crippen molar-refractivity contribution in [1.29, 1.82) is 0 Å². The third kappa shape index (κ3) is 4.04. The highest BCUT2D eigenvalue weighted by Gasteiger charge is 2.32. The van der Waals surface area contributed by atoms with Crippen molar-refractivity contribution in [2.24, 2.45) is 4.99 Å². The van der Waals surface area contributed by atoms with E-state index in [2.05, 4.69) is 6.07 Å². The molecule has 8 heteroatoms. The van der Waals surface area contributed by atoms with E-state index >= 15 is 0 Å². The summed E-state index contributed by atoms with van der Waals surface area (Å²) >= 11 is 1.26. The van der Waals surface area contributed by atoms with E-state index in [1.54, 1.807) is 47.0 Å². The van der Waals surface area contributed by atoms with E-state index < -0.39 is 12.0 Å². The Labute approximate surface area is 231 Å². The average Bonchev–Trinajstić information content (AvgIpc) is 3.56. The fourth-order valence-electron chi connectivity index (χ4n) is 5.52. The molecule has 0 fully saturated rings. The smallest absolute Gasteiger partial charge is 0.335 e. The standard InChI is InChI=1S/C32H21FN2O4S/c33-22-9-4-7-20(16-22)29-25-13-11-18-5-1-2-10-24(18)28(25)34-32-35(29)30(36)27(40-32)17-23-12-14-26(39-23)19-6-3-8-21(15-19)31(37)38/h1-10,12,14-17,29H,11,13H2,(H,37,38)/t29-/m1/s1. The van der Waals surface area contributed by atoms with E-state index in [9.17, 15) is 19.1 Å². The van der Waals surface area contributed by atoms with E-state index in [1.165, 1.54) is 35.1 Å². The Bertz CT molecular complexity index is 2050. The summed E-state index contributed by atoms with van der Waals surface area (Å²) in [6.45, 7) is 0. The predicted octanol–water partition coefficient (Wildman–Crippen LogP) is 5.42. The highest BCUT2D eigenvalue weighted by molar-refractivity contribution is 7.07. The fraction of sp³-hybridized carbons (Fsp3) is 0.0938. The Morgan fingerprint density at radius 2 is 1.88 bits per heavy atom. The monoisotopic (exact) mass is 548 g/mol. The molecule has 1 aliphatic heterocycles. The second-order valence-electron chi connectivity index (χ2n) is 9.76. The number of carboxylic acid groups (broad SMARTS) is 1. The number of benzene rings is 3. The number of carboxylic acids is 1. The van der Waals surface area contributed by atoms with E-state index in [0.717, 1.165) is 29.7 Å². The van der Waals surface area contributed by atoms with Gasteiger partial charge in [-0.2, -0.15) is 0 Å². The lowest BCUT2D eigenvalue weighted by atomic mass is 9.83. The summed E-state index contributed by atoms with van der Waals surface area (Å²) in [7, 11) is 0. The Hall–Kier alpha value is -4.82. The van der Waals surface area contributed by atoms with Crippen LogP contribution in [0.15, 0.2) is 105 Å². The molecule has 40 heavy (non-hydrogen) atoms. The molecule has 0 bridgehead atoms. The number of carbonyl (C=O) groups is 1. The van der Waals surface area contributed by atoms with Crippen LogP contribution in [0, 0.1) is 5.82 Å². The summed E-state index contributed by atoms with van der Waals surface area (Å²) in [4.78, 5) is 30.7. The van der Waals surface area contributed by atoms with Crippen LogP contribution in [0.2, 0.25) is 0 Å². The SMILES string of the molecule is O=C(O)c1cccc(-c2ccc(C=c3sc4n(c3=O)[C@H](c3cccc(F)c3)C3=C(N=4)c4ccccc4CC3)o2)c1. The Kier molecular flexibility index (Phi) is 5.71. The van der Waals surface area contributed by atoms with Crippen molar-refractivity contribution in [2.75, 3.05) is 0 Å². The van der Waals surface area contributed by atoms with Crippen LogP contribution in [0.1, 0.15) is 45.3 Å². The molecular formula is C32H21FN2O4S. The molecule has 1 N–H and O–H groups in total. The number of furan rings is 1. The minimum absolute atomic E-state index is 0.159. The van der Waals surface area contributed by atoms with Crippen LogP contribution < -0.4 is 14.9 Å². The van der Waals surface area contributed by atoms with Gasteiger partial charge in [0.15, 0.2) is 4.80 Å². The molecule has 7 rings (SSSR count). The first kappa shape index (κ1) is 24.2. The maximum atomic E-state index is 14.4. The number of allylic oxidation sites excluding steroid dienone is 1. The van der Waals surface area contributed by atoms with Crippen molar-refractivity contribution in [1.82, 2.24) is 4.57 Å². The van der Waals surface area contributed by atoms with Crippen LogP contribution in [0.25, 0.3) is 23.1 Å². The molecule has 2 aromatic heterocycles. The van der Waals surface area contributed by atoms with Gasteiger partial charge in [-0.05, 0) is 65.9 Å². The van der Waals surface area contributed by atoms with E-state index in [0.29, 0.717) is 32.0 Å². The molecular weight excluding hydrogens is 527 g/mol. The lowest BCUT2D eigenvalue weighted by molar-refractivity contribution is 0.0697.